The van der Waals surface area contributed by atoms with Gasteiger partial charge in [-0.1, -0.05) is 6.92 Å². The Labute approximate surface area is 102 Å². The molecule has 0 N–H and O–H groups in total. The predicted molar refractivity (Wildman–Crippen MR) is 63.7 cm³/mol. The molecule has 4 heteroatoms. The van der Waals surface area contributed by atoms with Crippen molar-refractivity contribution in [2.24, 2.45) is 11.8 Å². The quantitative estimate of drug-likeness (QED) is 0.708. The fraction of sp³-hybridized carbons (Fsp3) is 0.692. The molecular formula is C13H19NO3. The number of hydrogen-bond donors (Lipinski definition) is 0. The Morgan fingerprint density at radius 3 is 2.65 bits per heavy atom. The Bertz CT molecular complexity index is 356. The van der Waals surface area contributed by atoms with Crippen LogP contribution in [0.1, 0.15) is 13.8 Å². The number of hydrogen-bond acceptors (Lipinski definition) is 4. The van der Waals surface area contributed by atoms with E-state index in [1.54, 1.807) is 6.92 Å². The van der Waals surface area contributed by atoms with Crippen molar-refractivity contribution >= 4 is 11.6 Å². The zero-order chi connectivity index (χ0) is 12.4. The van der Waals surface area contributed by atoms with Crippen molar-refractivity contribution in [3.05, 3.63) is 11.6 Å². The number of morpholine rings is 1. The van der Waals surface area contributed by atoms with Gasteiger partial charge in [0.05, 0.1) is 13.2 Å². The Hall–Kier alpha value is -1.00. The normalized spacial score (nSPS) is 31.5. The summed E-state index contributed by atoms with van der Waals surface area (Å²) in [6.45, 7) is 7.42. The number of nitrogens with zero attached hydrogens (tertiary/aromatic N) is 1. The standard InChI is InChI=1S/C13H19NO3/c1-9-7-12(15)11(10(2)13(9)16)8-14-3-5-17-6-4-14/h7,10-11H,3-6,8H2,1-2H3. The Kier molecular flexibility index (Phi) is 3.74. The van der Waals surface area contributed by atoms with Gasteiger partial charge in [-0.2, -0.15) is 0 Å². The number of carbonyl (C=O) groups is 2. The lowest BCUT2D eigenvalue weighted by Crippen LogP contribution is -2.45. The summed E-state index contributed by atoms with van der Waals surface area (Å²) < 4.78 is 5.28. The molecule has 1 heterocycles. The highest BCUT2D eigenvalue weighted by molar-refractivity contribution is 6.10. The molecule has 0 aromatic rings. The van der Waals surface area contributed by atoms with Crippen LogP contribution in [-0.2, 0) is 14.3 Å². The first-order chi connectivity index (χ1) is 8.09. The second-order valence-electron chi connectivity index (χ2n) is 4.90. The van der Waals surface area contributed by atoms with E-state index >= 15 is 0 Å². The Morgan fingerprint density at radius 2 is 2.00 bits per heavy atom. The molecule has 1 aliphatic carbocycles. The van der Waals surface area contributed by atoms with Gasteiger partial charge in [-0.05, 0) is 18.6 Å². The zero-order valence-corrected chi connectivity index (χ0v) is 10.4. The molecule has 17 heavy (non-hydrogen) atoms. The highest BCUT2D eigenvalue weighted by Gasteiger charge is 2.35. The van der Waals surface area contributed by atoms with Crippen LogP contribution < -0.4 is 0 Å². The van der Waals surface area contributed by atoms with Crippen LogP contribution in [0.5, 0.6) is 0 Å². The van der Waals surface area contributed by atoms with E-state index in [2.05, 4.69) is 4.90 Å². The summed E-state index contributed by atoms with van der Waals surface area (Å²) in [6.07, 6.45) is 1.51. The van der Waals surface area contributed by atoms with Crippen LogP contribution in [0.3, 0.4) is 0 Å². The average Bonchev–Trinajstić information content (AvgIpc) is 2.33. The monoisotopic (exact) mass is 237 g/mol. The smallest absolute Gasteiger partial charge is 0.162 e. The summed E-state index contributed by atoms with van der Waals surface area (Å²) in [5.74, 6) is -0.149. The third kappa shape index (κ3) is 2.64. The fourth-order valence-electron chi connectivity index (χ4n) is 2.49. The van der Waals surface area contributed by atoms with E-state index in [0.717, 1.165) is 26.3 Å². The number of carbonyl (C=O) groups excluding carboxylic acids is 2. The van der Waals surface area contributed by atoms with Crippen molar-refractivity contribution in [1.29, 1.82) is 0 Å². The summed E-state index contributed by atoms with van der Waals surface area (Å²) in [4.78, 5) is 26.0. The molecule has 1 fully saturated rings. The molecule has 1 aliphatic heterocycles. The largest absolute Gasteiger partial charge is 0.379 e. The minimum absolute atomic E-state index is 0.0982. The molecule has 0 bridgehead atoms. The van der Waals surface area contributed by atoms with Crippen molar-refractivity contribution < 1.29 is 14.3 Å². The summed E-state index contributed by atoms with van der Waals surface area (Å²) in [5.41, 5.74) is 0.598. The van der Waals surface area contributed by atoms with E-state index < -0.39 is 0 Å². The molecule has 0 spiro atoms. The molecule has 2 atom stereocenters. The van der Waals surface area contributed by atoms with Gasteiger partial charge >= 0.3 is 0 Å². The van der Waals surface area contributed by atoms with Crippen LogP contribution in [0.4, 0.5) is 0 Å². The van der Waals surface area contributed by atoms with Gasteiger partial charge < -0.3 is 4.74 Å². The van der Waals surface area contributed by atoms with E-state index in [1.165, 1.54) is 6.08 Å². The van der Waals surface area contributed by atoms with E-state index in [9.17, 15) is 9.59 Å². The molecule has 0 aromatic heterocycles. The average molecular weight is 237 g/mol. The van der Waals surface area contributed by atoms with Gasteiger partial charge in [0.15, 0.2) is 11.6 Å². The number of ketones is 2. The van der Waals surface area contributed by atoms with Gasteiger partial charge in [-0.3, -0.25) is 14.5 Å². The third-order valence-corrected chi connectivity index (χ3v) is 3.69. The van der Waals surface area contributed by atoms with E-state index in [-0.39, 0.29) is 23.4 Å². The van der Waals surface area contributed by atoms with Gasteiger partial charge in [-0.25, -0.2) is 0 Å². The zero-order valence-electron chi connectivity index (χ0n) is 10.4. The van der Waals surface area contributed by atoms with Crippen LogP contribution in [0.15, 0.2) is 11.6 Å². The maximum atomic E-state index is 11.9. The molecule has 0 radical (unpaired) electrons. The Balaban J connectivity index is 2.04. The van der Waals surface area contributed by atoms with Crippen LogP contribution in [0.25, 0.3) is 0 Å². The van der Waals surface area contributed by atoms with Crippen LogP contribution in [0.2, 0.25) is 0 Å². The first-order valence-electron chi connectivity index (χ1n) is 6.16. The van der Waals surface area contributed by atoms with Crippen LogP contribution >= 0.6 is 0 Å². The van der Waals surface area contributed by atoms with Crippen LogP contribution in [-0.4, -0.2) is 49.3 Å². The predicted octanol–water partition coefficient (Wildman–Crippen LogP) is 0.669. The van der Waals surface area contributed by atoms with E-state index in [0.29, 0.717) is 12.1 Å². The lowest BCUT2D eigenvalue weighted by molar-refractivity contribution is -0.130. The minimum atomic E-state index is -0.185. The lowest BCUT2D eigenvalue weighted by Gasteiger charge is -2.33. The van der Waals surface area contributed by atoms with E-state index in [1.807, 2.05) is 6.92 Å². The summed E-state index contributed by atoms with van der Waals surface area (Å²) >= 11 is 0. The topological polar surface area (TPSA) is 46.6 Å². The van der Waals surface area contributed by atoms with Crippen molar-refractivity contribution in [1.82, 2.24) is 4.90 Å². The van der Waals surface area contributed by atoms with Gasteiger partial charge in [0.2, 0.25) is 0 Å². The first kappa shape index (κ1) is 12.5. The fourth-order valence-corrected chi connectivity index (χ4v) is 2.49. The highest BCUT2D eigenvalue weighted by atomic mass is 16.5. The van der Waals surface area contributed by atoms with E-state index in [4.69, 9.17) is 4.74 Å². The molecule has 0 amide bonds. The molecular weight excluding hydrogens is 218 g/mol. The molecule has 94 valence electrons. The molecule has 0 saturated carbocycles. The number of allylic oxidation sites excluding steroid dienone is 2. The SMILES string of the molecule is CC1=CC(=O)C(CN2CCOCC2)C(C)C1=O. The second-order valence-corrected chi connectivity index (χ2v) is 4.90. The molecule has 2 rings (SSSR count). The molecule has 1 saturated heterocycles. The maximum Gasteiger partial charge on any atom is 0.162 e. The maximum absolute atomic E-state index is 11.9. The first-order valence-corrected chi connectivity index (χ1v) is 6.16. The van der Waals surface area contributed by atoms with Gasteiger partial charge in [0, 0.05) is 31.5 Å². The molecule has 2 aliphatic rings. The Morgan fingerprint density at radius 1 is 1.35 bits per heavy atom. The van der Waals surface area contributed by atoms with Gasteiger partial charge in [0.25, 0.3) is 0 Å². The summed E-state index contributed by atoms with van der Waals surface area (Å²) in [7, 11) is 0. The number of Topliss-reactive ketones (excluding diaryl/α,β-unsaturated/α-hetero) is 1. The second kappa shape index (κ2) is 5.10. The highest BCUT2D eigenvalue weighted by Crippen LogP contribution is 2.25. The lowest BCUT2D eigenvalue weighted by atomic mass is 9.79. The minimum Gasteiger partial charge on any atom is -0.379 e. The summed E-state index contributed by atoms with van der Waals surface area (Å²) in [6, 6.07) is 0. The van der Waals surface area contributed by atoms with Gasteiger partial charge in [0.1, 0.15) is 0 Å². The van der Waals surface area contributed by atoms with Crippen molar-refractivity contribution in [3.8, 4) is 0 Å². The number of rotatable bonds is 2. The van der Waals surface area contributed by atoms with Gasteiger partial charge in [-0.15, -0.1) is 0 Å². The van der Waals surface area contributed by atoms with Crippen molar-refractivity contribution in [2.75, 3.05) is 32.8 Å². The molecule has 2 unspecified atom stereocenters. The molecule has 0 aromatic carbocycles. The summed E-state index contributed by atoms with van der Waals surface area (Å²) in [5, 5.41) is 0. The third-order valence-electron chi connectivity index (χ3n) is 3.69. The molecule has 4 nitrogen and oxygen atoms in total. The van der Waals surface area contributed by atoms with Crippen LogP contribution in [0, 0.1) is 11.8 Å². The van der Waals surface area contributed by atoms with Crippen molar-refractivity contribution in [2.45, 2.75) is 13.8 Å². The number of ether oxygens (including phenoxy) is 1. The van der Waals surface area contributed by atoms with Crippen molar-refractivity contribution in [3.63, 3.8) is 0 Å².